The van der Waals surface area contributed by atoms with Gasteiger partial charge in [-0.25, -0.2) is 9.07 Å². The molecule has 2 fully saturated rings. The van der Waals surface area contributed by atoms with E-state index in [0.717, 1.165) is 35.0 Å². The lowest BCUT2D eigenvalue weighted by Gasteiger charge is -2.33. The van der Waals surface area contributed by atoms with E-state index in [1.165, 1.54) is 7.11 Å². The number of anilines is 1. The van der Waals surface area contributed by atoms with Gasteiger partial charge in [0.2, 0.25) is 0 Å². The molecule has 1 unspecified atom stereocenters. The van der Waals surface area contributed by atoms with Gasteiger partial charge in [-0.1, -0.05) is 0 Å². The molecule has 0 aliphatic carbocycles. The van der Waals surface area contributed by atoms with E-state index in [1.54, 1.807) is 10.9 Å². The van der Waals surface area contributed by atoms with Gasteiger partial charge in [0.25, 0.3) is 0 Å². The van der Waals surface area contributed by atoms with E-state index in [2.05, 4.69) is 27.2 Å². The zero-order chi connectivity index (χ0) is 23.8. The highest BCUT2D eigenvalue weighted by molar-refractivity contribution is 5.82. The summed E-state index contributed by atoms with van der Waals surface area (Å²) in [5, 5.41) is 15.1. The molecule has 3 aromatic rings. The number of fused-ring (bicyclic) bond motifs is 1. The Morgan fingerprint density at radius 3 is 2.76 bits per heavy atom. The summed E-state index contributed by atoms with van der Waals surface area (Å²) in [6, 6.07) is 6.23. The van der Waals surface area contributed by atoms with E-state index >= 15 is 0 Å². The van der Waals surface area contributed by atoms with Gasteiger partial charge in [-0.3, -0.25) is 0 Å². The summed E-state index contributed by atoms with van der Waals surface area (Å²) >= 11 is 0. The number of hydrogen-bond donors (Lipinski definition) is 1. The van der Waals surface area contributed by atoms with Crippen molar-refractivity contribution < 1.29 is 19.0 Å². The van der Waals surface area contributed by atoms with Crippen molar-refractivity contribution in [3.8, 4) is 11.8 Å². The molecule has 10 heteroatoms. The molecule has 2 aromatic heterocycles. The van der Waals surface area contributed by atoms with Crippen LogP contribution < -0.4 is 9.64 Å². The SMILES string of the molecule is COc1nc(N2CCOC(CO)C2)cc(-n2ncc3cc(C)c([C@H]4CCN(C)C[C@H]4F)cc32)n1. The van der Waals surface area contributed by atoms with Crippen molar-refractivity contribution in [3.05, 3.63) is 35.5 Å². The number of hydrogen-bond acceptors (Lipinski definition) is 8. The van der Waals surface area contributed by atoms with Crippen molar-refractivity contribution in [1.29, 1.82) is 0 Å². The van der Waals surface area contributed by atoms with Crippen LogP contribution in [0.25, 0.3) is 16.7 Å². The van der Waals surface area contributed by atoms with Gasteiger partial charge in [0.05, 0.1) is 38.1 Å². The molecule has 4 heterocycles. The Balaban J connectivity index is 1.55. The van der Waals surface area contributed by atoms with Crippen LogP contribution in [-0.2, 0) is 4.74 Å². The Morgan fingerprint density at radius 2 is 2.00 bits per heavy atom. The van der Waals surface area contributed by atoms with Crippen LogP contribution in [0.2, 0.25) is 0 Å². The largest absolute Gasteiger partial charge is 0.467 e. The second-order valence-electron chi connectivity index (χ2n) is 9.19. The van der Waals surface area contributed by atoms with Crippen LogP contribution in [0, 0.1) is 6.92 Å². The molecule has 0 amide bonds. The smallest absolute Gasteiger partial charge is 0.320 e. The van der Waals surface area contributed by atoms with Gasteiger partial charge in [0.1, 0.15) is 12.0 Å². The monoisotopic (exact) mass is 470 g/mol. The fraction of sp³-hybridized carbons (Fsp3) is 0.542. The number of morpholine rings is 1. The van der Waals surface area contributed by atoms with Crippen LogP contribution in [0.5, 0.6) is 6.01 Å². The molecule has 3 atom stereocenters. The number of likely N-dealkylation sites (tertiary alicyclic amines) is 1. The minimum absolute atomic E-state index is 0.0516. The quantitative estimate of drug-likeness (QED) is 0.607. The lowest BCUT2D eigenvalue weighted by atomic mass is 9.85. The number of alkyl halides is 1. The highest BCUT2D eigenvalue weighted by atomic mass is 19.1. The number of benzene rings is 1. The predicted octanol–water partition coefficient (Wildman–Crippen LogP) is 2.09. The van der Waals surface area contributed by atoms with Crippen LogP contribution in [-0.4, -0.2) is 95.6 Å². The maximum absolute atomic E-state index is 15.0. The number of aromatic nitrogens is 4. The summed E-state index contributed by atoms with van der Waals surface area (Å²) in [6.45, 7) is 4.98. The summed E-state index contributed by atoms with van der Waals surface area (Å²) in [5.41, 5.74) is 2.97. The molecule has 1 aromatic carbocycles. The molecule has 182 valence electrons. The molecule has 0 saturated carbocycles. The Bertz CT molecular complexity index is 1170. The van der Waals surface area contributed by atoms with Crippen LogP contribution >= 0.6 is 0 Å². The molecule has 34 heavy (non-hydrogen) atoms. The van der Waals surface area contributed by atoms with Crippen LogP contribution in [0.3, 0.4) is 0 Å². The first-order valence-electron chi connectivity index (χ1n) is 11.7. The third-order valence-corrected chi connectivity index (χ3v) is 6.84. The molecular weight excluding hydrogens is 439 g/mol. The van der Waals surface area contributed by atoms with Gasteiger partial charge in [-0.15, -0.1) is 0 Å². The Kier molecular flexibility index (Phi) is 6.37. The molecule has 9 nitrogen and oxygen atoms in total. The number of aliphatic hydroxyl groups excluding tert-OH is 1. The summed E-state index contributed by atoms with van der Waals surface area (Å²) < 4.78 is 27.7. The van der Waals surface area contributed by atoms with Gasteiger partial charge < -0.3 is 24.4 Å². The van der Waals surface area contributed by atoms with Crippen LogP contribution in [0.15, 0.2) is 24.4 Å². The molecule has 0 bridgehead atoms. The first kappa shape index (κ1) is 22.9. The van der Waals surface area contributed by atoms with E-state index < -0.39 is 6.17 Å². The zero-order valence-corrected chi connectivity index (χ0v) is 19.8. The first-order chi connectivity index (χ1) is 16.5. The standard InChI is InChI=1S/C24H31FN6O3/c1-15-8-16-11-26-31(21(16)9-19(15)18-4-5-29(2)13-20(18)25)23-10-22(27-24(28-23)33-3)30-6-7-34-17(12-30)14-32/h8-11,17-18,20,32H,4-7,12-14H2,1-3H3/t17?,18-,20-/m1/s1. The van der Waals surface area contributed by atoms with E-state index in [9.17, 15) is 9.50 Å². The maximum atomic E-state index is 15.0. The molecule has 2 aliphatic rings. The van der Waals surface area contributed by atoms with Gasteiger partial charge in [-0.05, 0) is 50.2 Å². The minimum Gasteiger partial charge on any atom is -0.467 e. The van der Waals surface area contributed by atoms with Crippen molar-refractivity contribution in [3.63, 3.8) is 0 Å². The van der Waals surface area contributed by atoms with Crippen molar-refractivity contribution in [2.24, 2.45) is 0 Å². The Hall–Kier alpha value is -2.82. The second kappa shape index (κ2) is 9.44. The molecule has 5 rings (SSSR count). The summed E-state index contributed by atoms with van der Waals surface area (Å²) in [4.78, 5) is 13.2. The molecule has 2 saturated heterocycles. The minimum atomic E-state index is -0.905. The first-order valence-corrected chi connectivity index (χ1v) is 11.7. The van der Waals surface area contributed by atoms with Crippen molar-refractivity contribution in [2.75, 3.05) is 58.5 Å². The van der Waals surface area contributed by atoms with Crippen molar-refractivity contribution in [1.82, 2.24) is 24.6 Å². The summed E-state index contributed by atoms with van der Waals surface area (Å²) in [6.07, 6.45) is 1.42. The van der Waals surface area contributed by atoms with Crippen molar-refractivity contribution in [2.45, 2.75) is 31.5 Å². The van der Waals surface area contributed by atoms with E-state index in [1.807, 2.05) is 29.8 Å². The highest BCUT2D eigenvalue weighted by Crippen LogP contribution is 2.35. The average Bonchev–Trinajstić information content (AvgIpc) is 3.26. The topological polar surface area (TPSA) is 88.8 Å². The van der Waals surface area contributed by atoms with Gasteiger partial charge in [0, 0.05) is 37.0 Å². The zero-order valence-electron chi connectivity index (χ0n) is 19.8. The average molecular weight is 471 g/mol. The number of nitrogens with zero attached hydrogens (tertiary/aromatic N) is 6. The number of rotatable bonds is 5. The molecule has 0 radical (unpaired) electrons. The lowest BCUT2D eigenvalue weighted by Crippen LogP contribution is -2.44. The second-order valence-corrected chi connectivity index (χ2v) is 9.19. The van der Waals surface area contributed by atoms with Gasteiger partial charge in [-0.2, -0.15) is 15.1 Å². The predicted molar refractivity (Wildman–Crippen MR) is 127 cm³/mol. The fourth-order valence-electron chi connectivity index (χ4n) is 4.99. The van der Waals surface area contributed by atoms with E-state index in [-0.39, 0.29) is 24.6 Å². The van der Waals surface area contributed by atoms with Gasteiger partial charge in [0.15, 0.2) is 5.82 Å². The molecule has 2 aliphatic heterocycles. The highest BCUT2D eigenvalue weighted by Gasteiger charge is 2.30. The number of methoxy groups -OCH3 is 1. The third kappa shape index (κ3) is 4.33. The van der Waals surface area contributed by atoms with E-state index in [0.29, 0.717) is 37.9 Å². The van der Waals surface area contributed by atoms with Crippen LogP contribution in [0.1, 0.15) is 23.5 Å². The van der Waals surface area contributed by atoms with E-state index in [4.69, 9.17) is 9.47 Å². The number of aliphatic hydroxyl groups is 1. The summed E-state index contributed by atoms with van der Waals surface area (Å²) in [7, 11) is 3.49. The van der Waals surface area contributed by atoms with Crippen molar-refractivity contribution >= 4 is 16.7 Å². The lowest BCUT2D eigenvalue weighted by molar-refractivity contribution is 0.00333. The van der Waals surface area contributed by atoms with Crippen LogP contribution in [0.4, 0.5) is 10.2 Å². The molecular formula is C24H31FN6O3. The Labute approximate surface area is 198 Å². The molecule has 1 N–H and O–H groups in total. The number of piperidine rings is 1. The number of halogens is 1. The summed E-state index contributed by atoms with van der Waals surface area (Å²) in [5.74, 6) is 1.11. The third-order valence-electron chi connectivity index (χ3n) is 6.84. The Morgan fingerprint density at radius 1 is 1.18 bits per heavy atom. The van der Waals surface area contributed by atoms with Gasteiger partial charge >= 0.3 is 6.01 Å². The fourth-order valence-corrected chi connectivity index (χ4v) is 4.99. The number of aryl methyl sites for hydroxylation is 1. The normalized spacial score (nSPS) is 24.0. The number of ether oxygens (including phenoxy) is 2. The maximum Gasteiger partial charge on any atom is 0.320 e. The molecule has 0 spiro atoms.